The van der Waals surface area contributed by atoms with Gasteiger partial charge in [0.25, 0.3) is 0 Å². The lowest BCUT2D eigenvalue weighted by Crippen LogP contribution is -2.38. The van der Waals surface area contributed by atoms with E-state index < -0.39 is 0 Å². The molecule has 0 spiro atoms. The second-order valence-corrected chi connectivity index (χ2v) is 7.70. The molecule has 0 atom stereocenters. The first-order valence-electron chi connectivity index (χ1n) is 10.4. The molecule has 0 bridgehead atoms. The molecular weight excluding hydrogens is 380 g/mol. The second kappa shape index (κ2) is 7.95. The number of ether oxygens (including phenoxy) is 2. The highest BCUT2D eigenvalue weighted by Crippen LogP contribution is 2.29. The van der Waals surface area contributed by atoms with Gasteiger partial charge >= 0.3 is 0 Å². The Morgan fingerprint density at radius 1 is 1.07 bits per heavy atom. The molecule has 0 N–H and O–H groups in total. The summed E-state index contributed by atoms with van der Waals surface area (Å²) in [6, 6.07) is 12.4. The van der Waals surface area contributed by atoms with Crippen LogP contribution < -0.4 is 9.64 Å². The summed E-state index contributed by atoms with van der Waals surface area (Å²) in [7, 11) is 1.73. The third-order valence-corrected chi connectivity index (χ3v) is 5.77. The van der Waals surface area contributed by atoms with E-state index in [1.54, 1.807) is 11.6 Å². The Morgan fingerprint density at radius 3 is 2.77 bits per heavy atom. The van der Waals surface area contributed by atoms with Crippen molar-refractivity contribution in [2.45, 2.75) is 32.4 Å². The normalized spacial score (nSPS) is 15.3. The summed E-state index contributed by atoms with van der Waals surface area (Å²) in [5.41, 5.74) is 1.96. The van der Waals surface area contributed by atoms with Gasteiger partial charge in [0.2, 0.25) is 0 Å². The summed E-state index contributed by atoms with van der Waals surface area (Å²) in [6.45, 7) is 5.28. The molecule has 5 rings (SSSR count). The van der Waals surface area contributed by atoms with Crippen molar-refractivity contribution >= 4 is 22.4 Å². The fourth-order valence-corrected chi connectivity index (χ4v) is 4.12. The van der Waals surface area contributed by atoms with Crippen molar-refractivity contribution in [3.63, 3.8) is 0 Å². The van der Waals surface area contributed by atoms with E-state index in [1.807, 2.05) is 19.1 Å². The first-order chi connectivity index (χ1) is 14.7. The van der Waals surface area contributed by atoms with Gasteiger partial charge in [0.1, 0.15) is 17.7 Å². The van der Waals surface area contributed by atoms with Gasteiger partial charge in [0, 0.05) is 51.2 Å². The highest BCUT2D eigenvalue weighted by Gasteiger charge is 2.23. The minimum absolute atomic E-state index is 0.203. The van der Waals surface area contributed by atoms with Gasteiger partial charge in [-0.1, -0.05) is 6.07 Å². The molecule has 1 aromatic carbocycles. The average molecular weight is 406 g/mol. The molecule has 1 aliphatic heterocycles. The zero-order chi connectivity index (χ0) is 20.5. The third-order valence-electron chi connectivity index (χ3n) is 5.77. The number of hydrogen-bond donors (Lipinski definition) is 0. The molecule has 0 amide bonds. The molecule has 8 heteroatoms. The maximum Gasteiger partial charge on any atom is 0.178 e. The Bertz CT molecular complexity index is 1160. The first-order valence-corrected chi connectivity index (χ1v) is 10.4. The van der Waals surface area contributed by atoms with Crippen LogP contribution in [-0.4, -0.2) is 57.3 Å². The monoisotopic (exact) mass is 406 g/mol. The van der Waals surface area contributed by atoms with E-state index in [2.05, 4.69) is 50.1 Å². The maximum atomic E-state index is 6.43. The van der Waals surface area contributed by atoms with Gasteiger partial charge in [0.05, 0.1) is 12.1 Å². The van der Waals surface area contributed by atoms with Crippen LogP contribution in [0.1, 0.15) is 18.7 Å². The van der Waals surface area contributed by atoms with Crippen molar-refractivity contribution in [1.29, 1.82) is 0 Å². The largest absolute Gasteiger partial charge is 0.490 e. The van der Waals surface area contributed by atoms with Crippen molar-refractivity contribution < 1.29 is 9.47 Å². The van der Waals surface area contributed by atoms with E-state index in [1.165, 1.54) is 5.52 Å². The number of benzene rings is 1. The van der Waals surface area contributed by atoms with Crippen molar-refractivity contribution in [2.75, 3.05) is 31.7 Å². The third kappa shape index (κ3) is 3.47. The van der Waals surface area contributed by atoms with Crippen LogP contribution in [0.4, 0.5) is 5.82 Å². The lowest BCUT2D eigenvalue weighted by Gasteiger charge is -2.33. The Hall–Kier alpha value is -3.13. The summed E-state index contributed by atoms with van der Waals surface area (Å²) in [5, 5.41) is 14.1. The van der Waals surface area contributed by atoms with Crippen molar-refractivity contribution in [3.05, 3.63) is 48.4 Å². The highest BCUT2D eigenvalue weighted by molar-refractivity contribution is 5.86. The topological polar surface area (TPSA) is 69.7 Å². The molecule has 1 saturated heterocycles. The van der Waals surface area contributed by atoms with E-state index in [4.69, 9.17) is 14.6 Å². The molecule has 4 heterocycles. The molecule has 0 saturated carbocycles. The Labute approximate surface area is 175 Å². The lowest BCUT2D eigenvalue weighted by molar-refractivity contribution is 0.173. The first kappa shape index (κ1) is 18.9. The van der Waals surface area contributed by atoms with Gasteiger partial charge in [-0.25, -0.2) is 0 Å². The quantitative estimate of drug-likeness (QED) is 0.490. The minimum atomic E-state index is 0.203. The molecular formula is C22H26N6O2. The van der Waals surface area contributed by atoms with E-state index in [0.717, 1.165) is 60.9 Å². The van der Waals surface area contributed by atoms with Gasteiger partial charge in [-0.2, -0.15) is 4.52 Å². The SMILES string of the molecule is COCCn1ccc2c(OC3CCN(c4ccc5nnc(C)n5n4)CC3)cccc21. The van der Waals surface area contributed by atoms with Crippen molar-refractivity contribution in [2.24, 2.45) is 0 Å². The Balaban J connectivity index is 1.27. The van der Waals surface area contributed by atoms with Gasteiger partial charge in [0.15, 0.2) is 11.5 Å². The number of methoxy groups -OCH3 is 1. The van der Waals surface area contributed by atoms with Crippen LogP contribution in [0.2, 0.25) is 0 Å². The lowest BCUT2D eigenvalue weighted by atomic mass is 10.1. The maximum absolute atomic E-state index is 6.43. The second-order valence-electron chi connectivity index (χ2n) is 7.70. The fourth-order valence-electron chi connectivity index (χ4n) is 4.12. The number of anilines is 1. The molecule has 0 aliphatic carbocycles. The molecule has 0 radical (unpaired) electrons. The summed E-state index contributed by atoms with van der Waals surface area (Å²) in [6.07, 6.45) is 4.23. The van der Waals surface area contributed by atoms with Crippen LogP contribution in [0.15, 0.2) is 42.6 Å². The van der Waals surface area contributed by atoms with E-state index >= 15 is 0 Å². The van der Waals surface area contributed by atoms with Gasteiger partial charge in [-0.15, -0.1) is 15.3 Å². The van der Waals surface area contributed by atoms with E-state index in [-0.39, 0.29) is 6.10 Å². The number of rotatable bonds is 6. The Morgan fingerprint density at radius 2 is 1.93 bits per heavy atom. The van der Waals surface area contributed by atoms with E-state index in [9.17, 15) is 0 Å². The molecule has 3 aromatic heterocycles. The molecule has 8 nitrogen and oxygen atoms in total. The van der Waals surface area contributed by atoms with Crippen LogP contribution in [0.5, 0.6) is 5.75 Å². The predicted octanol–water partition coefficient (Wildman–Crippen LogP) is 3.08. The van der Waals surface area contributed by atoms with Crippen molar-refractivity contribution in [1.82, 2.24) is 24.4 Å². The highest BCUT2D eigenvalue weighted by atomic mass is 16.5. The standard InChI is InChI=1S/C22H26N6O2/c1-16-23-24-21-6-7-22(25-28(16)21)27-11-8-17(9-12-27)30-20-5-3-4-19-18(20)10-13-26(19)14-15-29-2/h3-7,10,13,17H,8-9,11-12,14-15H2,1-2H3. The summed E-state index contributed by atoms with van der Waals surface area (Å²) in [4.78, 5) is 2.31. The fraction of sp³-hybridized carbons (Fsp3) is 0.409. The van der Waals surface area contributed by atoms with Gasteiger partial charge in [-0.3, -0.25) is 0 Å². The van der Waals surface area contributed by atoms with Crippen LogP contribution in [0.3, 0.4) is 0 Å². The molecule has 1 fully saturated rings. The number of aromatic nitrogens is 5. The smallest absolute Gasteiger partial charge is 0.178 e. The number of hydrogen-bond acceptors (Lipinski definition) is 6. The van der Waals surface area contributed by atoms with Crippen LogP contribution >= 0.6 is 0 Å². The van der Waals surface area contributed by atoms with Crippen LogP contribution in [-0.2, 0) is 11.3 Å². The molecule has 156 valence electrons. The minimum Gasteiger partial charge on any atom is -0.490 e. The van der Waals surface area contributed by atoms with Crippen LogP contribution in [0.25, 0.3) is 16.6 Å². The van der Waals surface area contributed by atoms with Crippen molar-refractivity contribution in [3.8, 4) is 5.75 Å². The predicted molar refractivity (Wildman–Crippen MR) is 115 cm³/mol. The molecule has 1 aliphatic rings. The van der Waals surface area contributed by atoms with E-state index in [0.29, 0.717) is 6.61 Å². The van der Waals surface area contributed by atoms with Gasteiger partial charge in [-0.05, 0) is 37.3 Å². The summed E-state index contributed by atoms with van der Waals surface area (Å²) < 4.78 is 15.7. The zero-order valence-corrected chi connectivity index (χ0v) is 17.4. The molecule has 0 unspecified atom stereocenters. The average Bonchev–Trinajstić information content (AvgIpc) is 3.37. The molecule has 4 aromatic rings. The molecule has 30 heavy (non-hydrogen) atoms. The number of aryl methyl sites for hydroxylation is 1. The summed E-state index contributed by atoms with van der Waals surface area (Å²) in [5.74, 6) is 2.72. The number of nitrogens with zero attached hydrogens (tertiary/aromatic N) is 6. The summed E-state index contributed by atoms with van der Waals surface area (Å²) >= 11 is 0. The number of piperidine rings is 1. The van der Waals surface area contributed by atoms with Crippen LogP contribution in [0, 0.1) is 6.92 Å². The Kier molecular flexibility index (Phi) is 5.00. The zero-order valence-electron chi connectivity index (χ0n) is 17.4. The van der Waals surface area contributed by atoms with Gasteiger partial charge < -0.3 is 18.9 Å². The number of fused-ring (bicyclic) bond motifs is 2.